The maximum atomic E-state index is 5.82. The highest BCUT2D eigenvalue weighted by Gasteiger charge is 2.26. The lowest BCUT2D eigenvalue weighted by molar-refractivity contribution is 0.257. The van der Waals surface area contributed by atoms with E-state index in [1.165, 1.54) is 5.56 Å². The minimum Gasteiger partial charge on any atom is -0.321 e. The van der Waals surface area contributed by atoms with Gasteiger partial charge in [-0.2, -0.15) is 0 Å². The topological polar surface area (TPSA) is 21.7 Å². The summed E-state index contributed by atoms with van der Waals surface area (Å²) in [5, 5.41) is 0. The molecule has 0 bridgehead atoms. The normalized spacial score (nSPS) is 21.4. The zero-order valence-electron chi connectivity index (χ0n) is 9.63. The van der Waals surface area contributed by atoms with Crippen LogP contribution >= 0.6 is 8.53 Å². The van der Waals surface area contributed by atoms with Gasteiger partial charge >= 0.3 is 0 Å². The van der Waals surface area contributed by atoms with Crippen LogP contribution in [-0.2, 0) is 15.7 Å². The molecule has 0 amide bonds. The summed E-state index contributed by atoms with van der Waals surface area (Å²) in [4.78, 5) is 0. The van der Waals surface area contributed by atoms with E-state index in [0.717, 1.165) is 26.1 Å². The van der Waals surface area contributed by atoms with Crippen LogP contribution < -0.4 is 0 Å². The molecule has 0 aromatic heterocycles. The Hall–Kier alpha value is -0.470. The third kappa shape index (κ3) is 3.26. The van der Waals surface area contributed by atoms with E-state index in [1.54, 1.807) is 0 Å². The fourth-order valence-electron chi connectivity index (χ4n) is 1.66. The summed E-state index contributed by atoms with van der Waals surface area (Å²) in [6.45, 7) is 5.71. The molecule has 1 unspecified atom stereocenters. The van der Waals surface area contributed by atoms with Gasteiger partial charge in [-0.25, -0.2) is 4.67 Å². The molecule has 0 spiro atoms. The van der Waals surface area contributed by atoms with Crippen LogP contribution in [0, 0.1) is 0 Å². The predicted octanol–water partition coefficient (Wildman–Crippen LogP) is 3.17. The van der Waals surface area contributed by atoms with Crippen LogP contribution in [0.3, 0.4) is 0 Å². The van der Waals surface area contributed by atoms with E-state index in [1.807, 2.05) is 18.2 Å². The van der Waals surface area contributed by atoms with Gasteiger partial charge in [0, 0.05) is 13.1 Å². The lowest BCUT2D eigenvalue weighted by atomic mass is 10.2. The lowest BCUT2D eigenvalue weighted by Crippen LogP contribution is -2.16. The third-order valence-corrected chi connectivity index (χ3v) is 4.06. The molecular formula is C12H18NO2P. The molecule has 1 aliphatic rings. The first-order valence-electron chi connectivity index (χ1n) is 5.75. The fourth-order valence-corrected chi connectivity index (χ4v) is 3.17. The zero-order chi connectivity index (χ0) is 11.2. The summed E-state index contributed by atoms with van der Waals surface area (Å²) in [5.41, 5.74) is 1.21. The highest BCUT2D eigenvalue weighted by Crippen LogP contribution is 2.47. The van der Waals surface area contributed by atoms with Crippen molar-refractivity contribution in [2.24, 2.45) is 0 Å². The second-order valence-corrected chi connectivity index (χ2v) is 5.34. The summed E-state index contributed by atoms with van der Waals surface area (Å²) in [7, 11) is -0.805. The second-order valence-electron chi connectivity index (χ2n) is 3.78. The van der Waals surface area contributed by atoms with Crippen LogP contribution in [0.25, 0.3) is 0 Å². The van der Waals surface area contributed by atoms with Gasteiger partial charge in [0.1, 0.15) is 0 Å². The van der Waals surface area contributed by atoms with E-state index < -0.39 is 8.53 Å². The SMILES string of the molecule is CCCN1CCOP1OCc1ccccc1. The van der Waals surface area contributed by atoms with E-state index in [9.17, 15) is 0 Å². The van der Waals surface area contributed by atoms with E-state index in [-0.39, 0.29) is 0 Å². The summed E-state index contributed by atoms with van der Waals surface area (Å²) in [6, 6.07) is 10.2. The minimum absolute atomic E-state index is 0.646. The van der Waals surface area contributed by atoms with Gasteiger partial charge < -0.3 is 9.05 Å². The number of benzene rings is 1. The number of rotatable bonds is 5. The maximum absolute atomic E-state index is 5.82. The van der Waals surface area contributed by atoms with E-state index in [2.05, 4.69) is 23.7 Å². The molecule has 1 fully saturated rings. The Labute approximate surface area is 98.3 Å². The van der Waals surface area contributed by atoms with Gasteiger partial charge in [-0.3, -0.25) is 0 Å². The highest BCUT2D eigenvalue weighted by atomic mass is 31.2. The van der Waals surface area contributed by atoms with Crippen molar-refractivity contribution in [1.82, 2.24) is 4.67 Å². The summed E-state index contributed by atoms with van der Waals surface area (Å²) >= 11 is 0. The maximum Gasteiger partial charge on any atom is 0.259 e. The molecule has 0 radical (unpaired) electrons. The Balaban J connectivity index is 1.81. The number of nitrogens with zero attached hydrogens (tertiary/aromatic N) is 1. The Bertz CT molecular complexity index is 307. The predicted molar refractivity (Wildman–Crippen MR) is 66.0 cm³/mol. The van der Waals surface area contributed by atoms with Crippen molar-refractivity contribution >= 4 is 8.53 Å². The van der Waals surface area contributed by atoms with Crippen molar-refractivity contribution < 1.29 is 9.05 Å². The molecule has 88 valence electrons. The fraction of sp³-hybridized carbons (Fsp3) is 0.500. The van der Waals surface area contributed by atoms with Gasteiger partial charge in [0.2, 0.25) is 0 Å². The van der Waals surface area contributed by atoms with Crippen LogP contribution in [0.5, 0.6) is 0 Å². The number of hydrogen-bond acceptors (Lipinski definition) is 3. The molecular weight excluding hydrogens is 221 g/mol. The molecule has 0 aliphatic carbocycles. The average Bonchev–Trinajstić information content (AvgIpc) is 2.76. The molecule has 1 heterocycles. The van der Waals surface area contributed by atoms with Gasteiger partial charge in [0.05, 0.1) is 13.2 Å². The summed E-state index contributed by atoms with van der Waals surface area (Å²) in [6.07, 6.45) is 1.15. The van der Waals surface area contributed by atoms with Gasteiger partial charge in [0.15, 0.2) is 0 Å². The Morgan fingerprint density at radius 1 is 1.38 bits per heavy atom. The smallest absolute Gasteiger partial charge is 0.259 e. The Morgan fingerprint density at radius 3 is 2.94 bits per heavy atom. The van der Waals surface area contributed by atoms with Crippen molar-refractivity contribution in [2.45, 2.75) is 20.0 Å². The van der Waals surface area contributed by atoms with Crippen LogP contribution in [0.2, 0.25) is 0 Å². The average molecular weight is 239 g/mol. The molecule has 1 saturated heterocycles. The molecule has 2 rings (SSSR count). The van der Waals surface area contributed by atoms with Crippen molar-refractivity contribution in [3.8, 4) is 0 Å². The van der Waals surface area contributed by atoms with E-state index in [0.29, 0.717) is 6.61 Å². The van der Waals surface area contributed by atoms with Crippen molar-refractivity contribution in [1.29, 1.82) is 0 Å². The van der Waals surface area contributed by atoms with Crippen molar-refractivity contribution in [2.75, 3.05) is 19.7 Å². The first kappa shape index (κ1) is 12.0. The first-order valence-corrected chi connectivity index (χ1v) is 6.88. The molecule has 16 heavy (non-hydrogen) atoms. The first-order chi connectivity index (χ1) is 7.90. The van der Waals surface area contributed by atoms with Gasteiger partial charge in [-0.05, 0) is 12.0 Å². The van der Waals surface area contributed by atoms with Gasteiger partial charge in [-0.1, -0.05) is 37.3 Å². The molecule has 4 heteroatoms. The molecule has 0 saturated carbocycles. The van der Waals surface area contributed by atoms with E-state index in [4.69, 9.17) is 9.05 Å². The van der Waals surface area contributed by atoms with Gasteiger partial charge in [-0.15, -0.1) is 0 Å². The molecule has 0 N–H and O–H groups in total. The van der Waals surface area contributed by atoms with Crippen LogP contribution in [0.15, 0.2) is 30.3 Å². The largest absolute Gasteiger partial charge is 0.321 e. The molecule has 3 nitrogen and oxygen atoms in total. The molecule has 1 atom stereocenters. The summed E-state index contributed by atoms with van der Waals surface area (Å²) in [5.74, 6) is 0. The molecule has 1 aromatic rings. The molecule has 1 aromatic carbocycles. The third-order valence-electron chi connectivity index (χ3n) is 2.45. The summed E-state index contributed by atoms with van der Waals surface area (Å²) < 4.78 is 13.7. The van der Waals surface area contributed by atoms with E-state index >= 15 is 0 Å². The van der Waals surface area contributed by atoms with Crippen LogP contribution in [0.4, 0.5) is 0 Å². The van der Waals surface area contributed by atoms with Crippen LogP contribution in [-0.4, -0.2) is 24.4 Å². The number of hydrogen-bond donors (Lipinski definition) is 0. The highest BCUT2D eigenvalue weighted by molar-refractivity contribution is 7.44. The monoisotopic (exact) mass is 239 g/mol. The minimum atomic E-state index is -0.805. The lowest BCUT2D eigenvalue weighted by Gasteiger charge is -2.20. The van der Waals surface area contributed by atoms with Crippen molar-refractivity contribution in [3.05, 3.63) is 35.9 Å². The Kier molecular flexibility index (Phi) is 4.73. The van der Waals surface area contributed by atoms with Gasteiger partial charge in [0.25, 0.3) is 8.53 Å². The second kappa shape index (κ2) is 6.31. The zero-order valence-corrected chi connectivity index (χ0v) is 10.5. The van der Waals surface area contributed by atoms with Crippen LogP contribution in [0.1, 0.15) is 18.9 Å². The quantitative estimate of drug-likeness (QED) is 0.737. The molecule has 1 aliphatic heterocycles. The Morgan fingerprint density at radius 2 is 2.19 bits per heavy atom. The standard InChI is InChI=1S/C12H18NO2P/c1-2-8-13-9-10-14-16(13)15-11-12-6-4-3-5-7-12/h3-7H,2,8-11H2,1H3. The van der Waals surface area contributed by atoms with Crippen molar-refractivity contribution in [3.63, 3.8) is 0 Å².